The van der Waals surface area contributed by atoms with Gasteiger partial charge in [0.05, 0.1) is 6.10 Å². The molecular weight excluding hydrogens is 162 g/mol. The first kappa shape index (κ1) is 11.0. The molecule has 13 heavy (non-hydrogen) atoms. The summed E-state index contributed by atoms with van der Waals surface area (Å²) in [6, 6.07) is 0.698. The van der Waals surface area contributed by atoms with Gasteiger partial charge >= 0.3 is 0 Å². The van der Waals surface area contributed by atoms with E-state index < -0.39 is 0 Å². The summed E-state index contributed by atoms with van der Waals surface area (Å²) in [4.78, 5) is 0. The van der Waals surface area contributed by atoms with Crippen molar-refractivity contribution >= 4 is 0 Å². The Labute approximate surface area is 82.0 Å². The van der Waals surface area contributed by atoms with E-state index in [0.29, 0.717) is 12.1 Å². The Kier molecular flexibility index (Phi) is 4.74. The predicted molar refractivity (Wildman–Crippen MR) is 55.9 cm³/mol. The van der Waals surface area contributed by atoms with Crippen LogP contribution in [-0.2, 0) is 4.74 Å². The third-order valence-electron chi connectivity index (χ3n) is 2.84. The normalized spacial score (nSPS) is 28.6. The first-order valence-corrected chi connectivity index (χ1v) is 5.51. The third-order valence-corrected chi connectivity index (χ3v) is 2.84. The van der Waals surface area contributed by atoms with Gasteiger partial charge < -0.3 is 10.1 Å². The molecule has 0 aromatic heterocycles. The molecule has 0 saturated heterocycles. The van der Waals surface area contributed by atoms with Crippen LogP contribution in [0, 0.1) is 5.92 Å². The Bertz CT molecular complexity index is 136. The molecule has 0 aliphatic heterocycles. The van der Waals surface area contributed by atoms with Crippen molar-refractivity contribution in [3.63, 3.8) is 0 Å². The summed E-state index contributed by atoms with van der Waals surface area (Å²) in [5.41, 5.74) is 0. The molecule has 0 amide bonds. The van der Waals surface area contributed by atoms with Crippen LogP contribution in [0.3, 0.4) is 0 Å². The van der Waals surface area contributed by atoms with Gasteiger partial charge in [0.25, 0.3) is 0 Å². The van der Waals surface area contributed by atoms with E-state index in [9.17, 15) is 0 Å². The molecule has 1 fully saturated rings. The highest BCUT2D eigenvalue weighted by molar-refractivity contribution is 4.79. The molecule has 0 bridgehead atoms. The van der Waals surface area contributed by atoms with Gasteiger partial charge in [-0.1, -0.05) is 13.8 Å². The molecule has 1 aliphatic rings. The lowest BCUT2D eigenvalue weighted by Gasteiger charge is -2.13. The fraction of sp³-hybridized carbons (Fsp3) is 1.00. The van der Waals surface area contributed by atoms with Crippen LogP contribution in [0.25, 0.3) is 0 Å². The minimum Gasteiger partial charge on any atom is -0.378 e. The Morgan fingerprint density at radius 3 is 2.69 bits per heavy atom. The average Bonchev–Trinajstić information content (AvgIpc) is 2.52. The molecule has 0 aromatic carbocycles. The quantitative estimate of drug-likeness (QED) is 0.709. The number of ether oxygens (including phenoxy) is 1. The van der Waals surface area contributed by atoms with Crippen molar-refractivity contribution < 1.29 is 4.74 Å². The van der Waals surface area contributed by atoms with E-state index >= 15 is 0 Å². The minimum absolute atomic E-state index is 0.524. The van der Waals surface area contributed by atoms with Crippen molar-refractivity contribution in [1.29, 1.82) is 0 Å². The standard InChI is InChI=1S/C11H23NO/c1-9(2)6-7-13-11-5-4-10(8-11)12-3/h9-12H,4-8H2,1-3H3. The van der Waals surface area contributed by atoms with Gasteiger partial charge in [-0.2, -0.15) is 0 Å². The summed E-state index contributed by atoms with van der Waals surface area (Å²) < 4.78 is 5.81. The fourth-order valence-corrected chi connectivity index (χ4v) is 1.82. The monoisotopic (exact) mass is 185 g/mol. The van der Waals surface area contributed by atoms with Gasteiger partial charge in [-0.25, -0.2) is 0 Å². The van der Waals surface area contributed by atoms with E-state index in [1.165, 1.54) is 25.7 Å². The largest absolute Gasteiger partial charge is 0.378 e. The van der Waals surface area contributed by atoms with Gasteiger partial charge in [0, 0.05) is 12.6 Å². The SMILES string of the molecule is CNC1CCC(OCCC(C)C)C1. The Hall–Kier alpha value is -0.0800. The van der Waals surface area contributed by atoms with E-state index in [2.05, 4.69) is 19.2 Å². The van der Waals surface area contributed by atoms with Gasteiger partial charge in [0.15, 0.2) is 0 Å². The zero-order valence-corrected chi connectivity index (χ0v) is 9.18. The predicted octanol–water partition coefficient (Wildman–Crippen LogP) is 2.19. The molecule has 2 atom stereocenters. The third kappa shape index (κ3) is 4.10. The second-order valence-electron chi connectivity index (χ2n) is 4.47. The second-order valence-corrected chi connectivity index (χ2v) is 4.47. The van der Waals surface area contributed by atoms with Crippen molar-refractivity contribution in [2.24, 2.45) is 5.92 Å². The van der Waals surface area contributed by atoms with Crippen LogP contribution in [0.4, 0.5) is 0 Å². The summed E-state index contributed by atoms with van der Waals surface area (Å²) in [6.45, 7) is 5.43. The molecule has 2 unspecified atom stereocenters. The highest BCUT2D eigenvalue weighted by Gasteiger charge is 2.23. The maximum absolute atomic E-state index is 5.81. The van der Waals surface area contributed by atoms with E-state index in [1.807, 2.05) is 7.05 Å². The molecule has 0 aromatic rings. The first-order valence-electron chi connectivity index (χ1n) is 5.51. The number of nitrogens with one attached hydrogen (secondary N) is 1. The van der Waals surface area contributed by atoms with Crippen LogP contribution in [0.5, 0.6) is 0 Å². The van der Waals surface area contributed by atoms with E-state index in [-0.39, 0.29) is 0 Å². The summed E-state index contributed by atoms with van der Waals surface area (Å²) in [5, 5.41) is 3.31. The molecular formula is C11H23NO. The average molecular weight is 185 g/mol. The highest BCUT2D eigenvalue weighted by Crippen LogP contribution is 2.22. The van der Waals surface area contributed by atoms with Gasteiger partial charge in [0.1, 0.15) is 0 Å². The number of hydrogen-bond donors (Lipinski definition) is 1. The maximum atomic E-state index is 5.81. The van der Waals surface area contributed by atoms with E-state index in [4.69, 9.17) is 4.74 Å². The van der Waals surface area contributed by atoms with Crippen LogP contribution < -0.4 is 5.32 Å². The first-order chi connectivity index (χ1) is 6.22. The highest BCUT2D eigenvalue weighted by atomic mass is 16.5. The molecule has 2 heteroatoms. The van der Waals surface area contributed by atoms with Gasteiger partial charge in [-0.05, 0) is 38.6 Å². The van der Waals surface area contributed by atoms with Crippen molar-refractivity contribution in [3.8, 4) is 0 Å². The van der Waals surface area contributed by atoms with Gasteiger partial charge in [0.2, 0.25) is 0 Å². The molecule has 1 rings (SSSR count). The Morgan fingerprint density at radius 2 is 2.15 bits per heavy atom. The van der Waals surface area contributed by atoms with Crippen LogP contribution in [-0.4, -0.2) is 25.8 Å². The summed E-state index contributed by atoms with van der Waals surface area (Å²) in [7, 11) is 2.04. The molecule has 2 nitrogen and oxygen atoms in total. The molecule has 0 heterocycles. The molecule has 1 aliphatic carbocycles. The van der Waals surface area contributed by atoms with E-state index in [1.54, 1.807) is 0 Å². The van der Waals surface area contributed by atoms with Gasteiger partial charge in [-0.3, -0.25) is 0 Å². The van der Waals surface area contributed by atoms with E-state index in [0.717, 1.165) is 12.5 Å². The molecule has 1 saturated carbocycles. The summed E-state index contributed by atoms with van der Waals surface area (Å²) in [5.74, 6) is 0.765. The lowest BCUT2D eigenvalue weighted by atomic mass is 10.1. The second kappa shape index (κ2) is 5.61. The van der Waals surface area contributed by atoms with Crippen molar-refractivity contribution in [3.05, 3.63) is 0 Å². The topological polar surface area (TPSA) is 21.3 Å². The van der Waals surface area contributed by atoms with Gasteiger partial charge in [-0.15, -0.1) is 0 Å². The molecule has 0 spiro atoms. The maximum Gasteiger partial charge on any atom is 0.0590 e. The fourth-order valence-electron chi connectivity index (χ4n) is 1.82. The smallest absolute Gasteiger partial charge is 0.0590 e. The lowest BCUT2D eigenvalue weighted by molar-refractivity contribution is 0.0501. The van der Waals surface area contributed by atoms with Crippen LogP contribution in [0.2, 0.25) is 0 Å². The zero-order valence-electron chi connectivity index (χ0n) is 9.18. The van der Waals surface area contributed by atoms with Crippen LogP contribution >= 0.6 is 0 Å². The molecule has 0 radical (unpaired) electrons. The summed E-state index contributed by atoms with van der Waals surface area (Å²) >= 11 is 0. The Balaban J connectivity index is 2.03. The van der Waals surface area contributed by atoms with Crippen LogP contribution in [0.15, 0.2) is 0 Å². The zero-order chi connectivity index (χ0) is 9.68. The summed E-state index contributed by atoms with van der Waals surface area (Å²) in [6.07, 6.45) is 5.44. The molecule has 1 N–H and O–H groups in total. The van der Waals surface area contributed by atoms with Crippen LogP contribution in [0.1, 0.15) is 39.5 Å². The number of rotatable bonds is 5. The van der Waals surface area contributed by atoms with Crippen molar-refractivity contribution in [2.75, 3.05) is 13.7 Å². The molecule has 78 valence electrons. The number of hydrogen-bond acceptors (Lipinski definition) is 2. The lowest BCUT2D eigenvalue weighted by Crippen LogP contribution is -2.22. The Morgan fingerprint density at radius 1 is 1.38 bits per heavy atom. The van der Waals surface area contributed by atoms with Crippen molar-refractivity contribution in [1.82, 2.24) is 5.32 Å². The van der Waals surface area contributed by atoms with Crippen molar-refractivity contribution in [2.45, 2.75) is 51.7 Å². The minimum atomic E-state index is 0.524.